The van der Waals surface area contributed by atoms with Crippen molar-refractivity contribution in [3.8, 4) is 0 Å². The van der Waals surface area contributed by atoms with Gasteiger partial charge in [0, 0.05) is 15.6 Å². The molecular formula is C10H8BrNO2. The fraction of sp³-hybridized carbons (Fsp3) is 0.100. The van der Waals surface area contributed by atoms with Crippen molar-refractivity contribution < 1.29 is 9.90 Å². The Bertz CT molecular complexity index is 516. The first-order chi connectivity index (χ1) is 6.59. The lowest BCUT2D eigenvalue weighted by Gasteiger charge is -1.98. The smallest absolute Gasteiger partial charge is 0.336 e. The number of nitrogens with one attached hydrogen (secondary N) is 1. The predicted octanol–water partition coefficient (Wildman–Crippen LogP) is 2.94. The van der Waals surface area contributed by atoms with Gasteiger partial charge in [0.25, 0.3) is 0 Å². The second kappa shape index (κ2) is 3.13. The van der Waals surface area contributed by atoms with E-state index < -0.39 is 5.97 Å². The molecule has 72 valence electrons. The van der Waals surface area contributed by atoms with Gasteiger partial charge in [-0.2, -0.15) is 0 Å². The molecule has 1 heterocycles. The molecule has 0 atom stereocenters. The van der Waals surface area contributed by atoms with Crippen LogP contribution in [0.1, 0.15) is 16.1 Å². The number of benzene rings is 1. The summed E-state index contributed by atoms with van der Waals surface area (Å²) < 4.78 is 0.880. The fourth-order valence-electron chi connectivity index (χ4n) is 1.51. The zero-order chi connectivity index (χ0) is 10.3. The van der Waals surface area contributed by atoms with Crippen LogP contribution in [0.5, 0.6) is 0 Å². The van der Waals surface area contributed by atoms with Gasteiger partial charge >= 0.3 is 5.97 Å². The van der Waals surface area contributed by atoms with Crippen LogP contribution >= 0.6 is 15.9 Å². The van der Waals surface area contributed by atoms with Gasteiger partial charge in [-0.05, 0) is 41.1 Å². The summed E-state index contributed by atoms with van der Waals surface area (Å²) in [7, 11) is 0. The molecule has 0 fully saturated rings. The summed E-state index contributed by atoms with van der Waals surface area (Å²) >= 11 is 3.37. The topological polar surface area (TPSA) is 53.1 Å². The van der Waals surface area contributed by atoms with Crippen molar-refractivity contribution >= 4 is 32.8 Å². The molecule has 2 rings (SSSR count). The Balaban J connectivity index is 2.87. The number of hydrogen-bond acceptors (Lipinski definition) is 1. The monoisotopic (exact) mass is 253 g/mol. The Hall–Kier alpha value is -1.29. The van der Waals surface area contributed by atoms with E-state index in [1.165, 1.54) is 0 Å². The van der Waals surface area contributed by atoms with Crippen molar-refractivity contribution in [3.63, 3.8) is 0 Å². The van der Waals surface area contributed by atoms with E-state index in [1.54, 1.807) is 12.1 Å². The van der Waals surface area contributed by atoms with Crippen LogP contribution in [0, 0.1) is 6.92 Å². The van der Waals surface area contributed by atoms with Crippen LogP contribution in [0.2, 0.25) is 0 Å². The van der Waals surface area contributed by atoms with Gasteiger partial charge in [0.15, 0.2) is 0 Å². The van der Waals surface area contributed by atoms with E-state index in [-0.39, 0.29) is 0 Å². The minimum absolute atomic E-state index is 0.326. The molecule has 2 aromatic rings. The maximum absolute atomic E-state index is 10.9. The summed E-state index contributed by atoms with van der Waals surface area (Å²) in [6.07, 6.45) is 0. The van der Waals surface area contributed by atoms with Crippen LogP contribution in [0.3, 0.4) is 0 Å². The number of carbonyl (C=O) groups is 1. The molecule has 2 N–H and O–H groups in total. The number of aromatic nitrogens is 1. The quantitative estimate of drug-likeness (QED) is 0.821. The second-order valence-electron chi connectivity index (χ2n) is 3.14. The number of aryl methyl sites for hydroxylation is 1. The highest BCUT2D eigenvalue weighted by Gasteiger charge is 2.11. The van der Waals surface area contributed by atoms with Crippen LogP contribution < -0.4 is 0 Å². The molecule has 0 saturated carbocycles. The highest BCUT2D eigenvalue weighted by molar-refractivity contribution is 9.10. The lowest BCUT2D eigenvalue weighted by atomic mass is 10.1. The number of aromatic carboxylic acids is 1. The molecule has 0 aliphatic heterocycles. The molecule has 0 saturated heterocycles. The predicted molar refractivity (Wildman–Crippen MR) is 57.7 cm³/mol. The molecule has 0 radical (unpaired) electrons. The largest absolute Gasteiger partial charge is 0.478 e. The number of carboxylic acids is 1. The molecule has 1 aromatic heterocycles. The van der Waals surface area contributed by atoms with Crippen molar-refractivity contribution in [1.29, 1.82) is 0 Å². The van der Waals surface area contributed by atoms with Gasteiger partial charge in [-0.3, -0.25) is 0 Å². The van der Waals surface area contributed by atoms with E-state index in [0.29, 0.717) is 5.56 Å². The van der Waals surface area contributed by atoms with E-state index in [9.17, 15) is 4.79 Å². The molecule has 4 heteroatoms. The lowest BCUT2D eigenvalue weighted by Crippen LogP contribution is -1.96. The molecular weight excluding hydrogens is 246 g/mol. The third-order valence-corrected chi connectivity index (χ3v) is 2.77. The molecule has 3 nitrogen and oxygen atoms in total. The third kappa shape index (κ3) is 1.32. The Morgan fingerprint density at radius 2 is 2.21 bits per heavy atom. The number of aromatic amines is 1. The van der Waals surface area contributed by atoms with Crippen molar-refractivity contribution in [2.24, 2.45) is 0 Å². The average molecular weight is 254 g/mol. The molecule has 1 aromatic carbocycles. The maximum Gasteiger partial charge on any atom is 0.336 e. The van der Waals surface area contributed by atoms with E-state index in [0.717, 1.165) is 21.1 Å². The van der Waals surface area contributed by atoms with Crippen LogP contribution in [-0.4, -0.2) is 16.1 Å². The fourth-order valence-corrected chi connectivity index (χ4v) is 1.95. The summed E-state index contributed by atoms with van der Waals surface area (Å²) in [4.78, 5) is 14.0. The van der Waals surface area contributed by atoms with Gasteiger partial charge in [0.05, 0.1) is 11.1 Å². The first-order valence-corrected chi connectivity index (χ1v) is 4.90. The zero-order valence-corrected chi connectivity index (χ0v) is 9.05. The van der Waals surface area contributed by atoms with Gasteiger partial charge in [-0.1, -0.05) is 0 Å². The van der Waals surface area contributed by atoms with Crippen molar-refractivity contribution in [3.05, 3.63) is 33.9 Å². The van der Waals surface area contributed by atoms with Gasteiger partial charge in [-0.25, -0.2) is 4.79 Å². The van der Waals surface area contributed by atoms with Crippen molar-refractivity contribution in [2.75, 3.05) is 0 Å². The number of carboxylic acid groups (broad SMARTS) is 1. The van der Waals surface area contributed by atoms with Crippen molar-refractivity contribution in [2.45, 2.75) is 6.92 Å². The van der Waals surface area contributed by atoms with E-state index >= 15 is 0 Å². The SMILES string of the molecule is Cc1cc2c(C(=O)O)ccc(Br)c2[nH]1. The Morgan fingerprint density at radius 1 is 1.50 bits per heavy atom. The molecule has 0 aliphatic rings. The first kappa shape index (κ1) is 9.27. The first-order valence-electron chi connectivity index (χ1n) is 4.10. The van der Waals surface area contributed by atoms with Crippen LogP contribution in [-0.2, 0) is 0 Å². The number of halogens is 1. The van der Waals surface area contributed by atoms with Crippen LogP contribution in [0.15, 0.2) is 22.7 Å². The Labute approximate surface area is 88.9 Å². The normalized spacial score (nSPS) is 10.7. The third-order valence-electron chi connectivity index (χ3n) is 2.11. The molecule has 0 unspecified atom stereocenters. The summed E-state index contributed by atoms with van der Waals surface area (Å²) in [5.41, 5.74) is 2.12. The summed E-state index contributed by atoms with van der Waals surface area (Å²) in [5.74, 6) is -0.901. The summed E-state index contributed by atoms with van der Waals surface area (Å²) in [6, 6.07) is 5.17. The summed E-state index contributed by atoms with van der Waals surface area (Å²) in [6.45, 7) is 1.90. The minimum Gasteiger partial charge on any atom is -0.478 e. The zero-order valence-electron chi connectivity index (χ0n) is 7.47. The standard InChI is InChI=1S/C10H8BrNO2/c1-5-4-7-6(10(13)14)2-3-8(11)9(7)12-5/h2-4,12H,1H3,(H,13,14). The number of fused-ring (bicyclic) bond motifs is 1. The second-order valence-corrected chi connectivity index (χ2v) is 4.00. The number of H-pyrrole nitrogens is 1. The average Bonchev–Trinajstić information content (AvgIpc) is 2.47. The lowest BCUT2D eigenvalue weighted by molar-refractivity contribution is 0.0699. The van der Waals surface area contributed by atoms with Crippen molar-refractivity contribution in [1.82, 2.24) is 4.98 Å². The van der Waals surface area contributed by atoms with E-state index in [2.05, 4.69) is 20.9 Å². The van der Waals surface area contributed by atoms with Gasteiger partial charge < -0.3 is 10.1 Å². The van der Waals surface area contributed by atoms with Crippen LogP contribution in [0.25, 0.3) is 10.9 Å². The van der Waals surface area contributed by atoms with Crippen LogP contribution in [0.4, 0.5) is 0 Å². The number of rotatable bonds is 1. The van der Waals surface area contributed by atoms with Gasteiger partial charge in [0.1, 0.15) is 0 Å². The molecule has 0 bridgehead atoms. The summed E-state index contributed by atoms with van der Waals surface area (Å²) in [5, 5.41) is 9.69. The molecule has 14 heavy (non-hydrogen) atoms. The Morgan fingerprint density at radius 3 is 2.86 bits per heavy atom. The van der Waals surface area contributed by atoms with Gasteiger partial charge in [-0.15, -0.1) is 0 Å². The highest BCUT2D eigenvalue weighted by atomic mass is 79.9. The highest BCUT2D eigenvalue weighted by Crippen LogP contribution is 2.27. The van der Waals surface area contributed by atoms with E-state index in [4.69, 9.17) is 5.11 Å². The van der Waals surface area contributed by atoms with E-state index in [1.807, 2.05) is 13.0 Å². The Kier molecular flexibility index (Phi) is 2.07. The van der Waals surface area contributed by atoms with Gasteiger partial charge in [0.2, 0.25) is 0 Å². The number of hydrogen-bond donors (Lipinski definition) is 2. The molecule has 0 aliphatic carbocycles. The maximum atomic E-state index is 10.9. The molecule has 0 amide bonds. The minimum atomic E-state index is -0.901. The molecule has 0 spiro atoms.